The van der Waals surface area contributed by atoms with Crippen LogP contribution in [0.25, 0.3) is 16.6 Å². The molecule has 0 aliphatic heterocycles. The Balaban J connectivity index is 1.69. The summed E-state index contributed by atoms with van der Waals surface area (Å²) in [6.07, 6.45) is 5.43. The van der Waals surface area contributed by atoms with Crippen molar-refractivity contribution in [2.75, 3.05) is 7.11 Å². The molecule has 0 bridgehead atoms. The fourth-order valence-electron chi connectivity index (χ4n) is 3.69. The van der Waals surface area contributed by atoms with Gasteiger partial charge < -0.3 is 9.30 Å². The third-order valence-corrected chi connectivity index (χ3v) is 6.88. The first-order valence-electron chi connectivity index (χ1n) is 10.4. The van der Waals surface area contributed by atoms with Gasteiger partial charge in [0.1, 0.15) is 10.6 Å². The smallest absolute Gasteiger partial charge is 0.268 e. The lowest BCUT2D eigenvalue weighted by Crippen LogP contribution is -2.31. The van der Waals surface area contributed by atoms with E-state index in [1.807, 2.05) is 56.9 Å². The van der Waals surface area contributed by atoms with Crippen LogP contribution in [0.5, 0.6) is 5.75 Å². The molecular formula is C24H26N4O4S. The van der Waals surface area contributed by atoms with Crippen molar-refractivity contribution in [3.63, 3.8) is 0 Å². The minimum absolute atomic E-state index is 0.0771. The zero-order valence-corrected chi connectivity index (χ0v) is 20.0. The number of sulfonamides is 1. The van der Waals surface area contributed by atoms with Crippen molar-refractivity contribution in [3.05, 3.63) is 72.2 Å². The largest absolute Gasteiger partial charge is 0.495 e. The van der Waals surface area contributed by atoms with E-state index in [4.69, 9.17) is 4.74 Å². The van der Waals surface area contributed by atoms with Gasteiger partial charge in [-0.1, -0.05) is 26.8 Å². The van der Waals surface area contributed by atoms with E-state index in [-0.39, 0.29) is 21.6 Å². The van der Waals surface area contributed by atoms with Crippen LogP contribution >= 0.6 is 0 Å². The first-order valence-corrected chi connectivity index (χ1v) is 11.8. The lowest BCUT2D eigenvalue weighted by molar-refractivity contribution is 0.0981. The van der Waals surface area contributed by atoms with Crippen LogP contribution in [-0.2, 0) is 22.5 Å². The van der Waals surface area contributed by atoms with E-state index in [2.05, 4.69) is 9.82 Å². The van der Waals surface area contributed by atoms with Gasteiger partial charge in [0.25, 0.3) is 15.9 Å². The van der Waals surface area contributed by atoms with Gasteiger partial charge in [-0.3, -0.25) is 4.79 Å². The van der Waals surface area contributed by atoms with Crippen LogP contribution in [0, 0.1) is 0 Å². The molecule has 4 aromatic rings. The second kappa shape index (κ2) is 8.08. The Morgan fingerprint density at radius 2 is 1.88 bits per heavy atom. The number of aryl methyl sites for hydroxylation is 1. The Bertz CT molecular complexity index is 1450. The van der Waals surface area contributed by atoms with Gasteiger partial charge in [-0.15, -0.1) is 0 Å². The predicted molar refractivity (Wildman–Crippen MR) is 126 cm³/mol. The average Bonchev–Trinajstić information content (AvgIpc) is 3.40. The monoisotopic (exact) mass is 466 g/mol. The third-order valence-electron chi connectivity index (χ3n) is 5.53. The molecule has 2 heterocycles. The normalized spacial score (nSPS) is 12.2. The number of aromatic nitrogens is 3. The topological polar surface area (TPSA) is 95.2 Å². The SMILES string of the molecule is COc1ccc(C(C)(C)C)cc1S(=O)(=O)NC(=O)c1ccc2c(-n3cccn3)cn(C)c2c1. The first-order chi connectivity index (χ1) is 15.5. The number of benzene rings is 2. The maximum atomic E-state index is 13.1. The molecule has 9 heteroatoms. The molecular weight excluding hydrogens is 440 g/mol. The van der Waals surface area contributed by atoms with Gasteiger partial charge in [0.15, 0.2) is 0 Å². The fraction of sp³-hybridized carbons (Fsp3) is 0.250. The molecule has 0 aliphatic carbocycles. The number of hydrogen-bond donors (Lipinski definition) is 1. The summed E-state index contributed by atoms with van der Waals surface area (Å²) in [7, 11) is -0.918. The predicted octanol–water partition coefficient (Wildman–Crippen LogP) is 3.79. The molecule has 0 atom stereocenters. The third kappa shape index (κ3) is 4.23. The van der Waals surface area contributed by atoms with Crippen LogP contribution in [0.15, 0.2) is 66.0 Å². The zero-order valence-electron chi connectivity index (χ0n) is 19.2. The van der Waals surface area contributed by atoms with Gasteiger partial charge in [0.05, 0.1) is 18.3 Å². The van der Waals surface area contributed by atoms with Crippen molar-refractivity contribution in [2.24, 2.45) is 7.05 Å². The second-order valence-electron chi connectivity index (χ2n) is 8.86. The molecule has 4 rings (SSSR count). The summed E-state index contributed by atoms with van der Waals surface area (Å²) in [6.45, 7) is 5.95. The van der Waals surface area contributed by atoms with E-state index < -0.39 is 15.9 Å². The number of amides is 1. The van der Waals surface area contributed by atoms with Crippen molar-refractivity contribution < 1.29 is 17.9 Å². The summed E-state index contributed by atoms with van der Waals surface area (Å²) < 4.78 is 37.3. The van der Waals surface area contributed by atoms with Gasteiger partial charge in [-0.2, -0.15) is 5.10 Å². The number of fused-ring (bicyclic) bond motifs is 1. The van der Waals surface area contributed by atoms with Crippen molar-refractivity contribution in [1.29, 1.82) is 0 Å². The maximum absolute atomic E-state index is 13.1. The van der Waals surface area contributed by atoms with E-state index in [1.165, 1.54) is 7.11 Å². The summed E-state index contributed by atoms with van der Waals surface area (Å²) in [5.41, 5.74) is 2.40. The van der Waals surface area contributed by atoms with Gasteiger partial charge >= 0.3 is 0 Å². The highest BCUT2D eigenvalue weighted by Gasteiger charge is 2.26. The molecule has 8 nitrogen and oxygen atoms in total. The Morgan fingerprint density at radius 3 is 2.52 bits per heavy atom. The molecule has 2 aromatic heterocycles. The molecule has 0 saturated heterocycles. The standard InChI is InChI=1S/C24H26N4O4S/c1-24(2,3)17-8-10-21(32-5)22(14-17)33(30,31)26-23(29)16-7-9-18-19(13-16)27(4)15-20(18)28-12-6-11-25-28/h6-15H,1-5H3,(H,26,29). The summed E-state index contributed by atoms with van der Waals surface area (Å²) in [6, 6.07) is 11.8. The highest BCUT2D eigenvalue weighted by atomic mass is 32.2. The highest BCUT2D eigenvalue weighted by Crippen LogP contribution is 2.31. The highest BCUT2D eigenvalue weighted by molar-refractivity contribution is 7.90. The van der Waals surface area contributed by atoms with Gasteiger partial charge in [0.2, 0.25) is 0 Å². The van der Waals surface area contributed by atoms with E-state index in [0.29, 0.717) is 0 Å². The number of carbonyl (C=O) groups is 1. The van der Waals surface area contributed by atoms with Crippen LogP contribution in [-0.4, -0.2) is 35.8 Å². The summed E-state index contributed by atoms with van der Waals surface area (Å²) in [5.74, 6) is -0.549. The van der Waals surface area contributed by atoms with E-state index >= 15 is 0 Å². The van der Waals surface area contributed by atoms with Crippen LogP contribution in [0.2, 0.25) is 0 Å². The Labute approximate surface area is 192 Å². The molecule has 0 radical (unpaired) electrons. The molecule has 33 heavy (non-hydrogen) atoms. The number of nitrogens with zero attached hydrogens (tertiary/aromatic N) is 3. The molecule has 1 amide bonds. The van der Waals surface area contributed by atoms with E-state index in [1.54, 1.807) is 41.2 Å². The van der Waals surface area contributed by atoms with Crippen LogP contribution in [0.4, 0.5) is 0 Å². The summed E-state index contributed by atoms with van der Waals surface area (Å²) in [4.78, 5) is 12.9. The molecule has 0 spiro atoms. The van der Waals surface area contributed by atoms with Gasteiger partial charge in [-0.25, -0.2) is 17.8 Å². The van der Waals surface area contributed by atoms with Crippen molar-refractivity contribution >= 4 is 26.8 Å². The summed E-state index contributed by atoms with van der Waals surface area (Å²) in [5, 5.41) is 5.15. The molecule has 0 fully saturated rings. The number of nitrogens with one attached hydrogen (secondary N) is 1. The van der Waals surface area contributed by atoms with Gasteiger partial charge in [-0.05, 0) is 47.4 Å². The number of ether oxygens (including phenoxy) is 1. The number of methoxy groups -OCH3 is 1. The van der Waals surface area contributed by atoms with Crippen LogP contribution in [0.1, 0.15) is 36.7 Å². The molecule has 1 N–H and O–H groups in total. The molecule has 172 valence electrons. The minimum Gasteiger partial charge on any atom is -0.495 e. The quantitative estimate of drug-likeness (QED) is 0.483. The van der Waals surface area contributed by atoms with Gasteiger partial charge in [0, 0.05) is 36.6 Å². The molecule has 0 unspecified atom stereocenters. The Kier molecular flexibility index (Phi) is 5.53. The molecule has 0 saturated carbocycles. The number of rotatable bonds is 5. The molecule has 2 aromatic carbocycles. The fourth-order valence-corrected chi connectivity index (χ4v) is 4.86. The number of hydrogen-bond acceptors (Lipinski definition) is 5. The van der Waals surface area contributed by atoms with Crippen molar-refractivity contribution in [3.8, 4) is 11.4 Å². The first kappa shape index (κ1) is 22.6. The van der Waals surface area contributed by atoms with E-state index in [0.717, 1.165) is 22.2 Å². The second-order valence-corrected chi connectivity index (χ2v) is 10.5. The minimum atomic E-state index is -4.17. The van der Waals surface area contributed by atoms with E-state index in [9.17, 15) is 13.2 Å². The maximum Gasteiger partial charge on any atom is 0.268 e. The van der Waals surface area contributed by atoms with Crippen molar-refractivity contribution in [2.45, 2.75) is 31.1 Å². The lowest BCUT2D eigenvalue weighted by atomic mass is 9.87. The Hall–Kier alpha value is -3.59. The zero-order chi connectivity index (χ0) is 24.0. The Morgan fingerprint density at radius 1 is 1.12 bits per heavy atom. The molecule has 0 aliphatic rings. The van der Waals surface area contributed by atoms with Crippen LogP contribution in [0.3, 0.4) is 0 Å². The lowest BCUT2D eigenvalue weighted by Gasteiger charge is -2.21. The summed E-state index contributed by atoms with van der Waals surface area (Å²) >= 11 is 0. The van der Waals surface area contributed by atoms with Crippen molar-refractivity contribution in [1.82, 2.24) is 19.1 Å². The number of carbonyl (C=O) groups excluding carboxylic acids is 1. The average molecular weight is 467 g/mol. The van der Waals surface area contributed by atoms with Crippen LogP contribution < -0.4 is 9.46 Å².